The van der Waals surface area contributed by atoms with E-state index in [-0.39, 0.29) is 6.04 Å². The highest BCUT2D eigenvalue weighted by Gasteiger charge is 2.08. The molecule has 0 aromatic heterocycles. The molecular weight excluding hydrogens is 338 g/mol. The molecule has 0 aliphatic carbocycles. The predicted octanol–water partition coefficient (Wildman–Crippen LogP) is 4.22. The van der Waals surface area contributed by atoms with Gasteiger partial charge in [0.1, 0.15) is 5.75 Å². The van der Waals surface area contributed by atoms with Gasteiger partial charge in [-0.25, -0.2) is 0 Å². The summed E-state index contributed by atoms with van der Waals surface area (Å²) in [5.74, 6) is 0.833. The van der Waals surface area contributed by atoms with Crippen molar-refractivity contribution in [3.8, 4) is 5.75 Å². The number of hydrogen-bond acceptors (Lipinski definition) is 2. The van der Waals surface area contributed by atoms with Crippen LogP contribution in [0.4, 0.5) is 0 Å². The van der Waals surface area contributed by atoms with E-state index in [1.165, 1.54) is 11.1 Å². The molecule has 1 atom stereocenters. The van der Waals surface area contributed by atoms with Crippen LogP contribution >= 0.6 is 27.5 Å². The third-order valence-corrected chi connectivity index (χ3v) is 4.00. The van der Waals surface area contributed by atoms with Crippen molar-refractivity contribution >= 4 is 27.5 Å². The molecule has 2 aromatic carbocycles. The topological polar surface area (TPSA) is 35.2 Å². The SMILES string of the molecule is COc1ccc(CC(N)Cc2ccc(Cl)cc2)cc1Br. The summed E-state index contributed by atoms with van der Waals surface area (Å²) in [5, 5.41) is 0.751. The van der Waals surface area contributed by atoms with Crippen LogP contribution in [0.2, 0.25) is 5.02 Å². The molecule has 0 aliphatic heterocycles. The first-order valence-electron chi connectivity index (χ1n) is 6.41. The van der Waals surface area contributed by atoms with E-state index in [0.717, 1.165) is 28.1 Å². The van der Waals surface area contributed by atoms with Crippen LogP contribution in [0, 0.1) is 0 Å². The zero-order chi connectivity index (χ0) is 14.5. The largest absolute Gasteiger partial charge is 0.496 e. The number of rotatable bonds is 5. The number of benzene rings is 2. The molecule has 0 spiro atoms. The summed E-state index contributed by atoms with van der Waals surface area (Å²) in [4.78, 5) is 0. The quantitative estimate of drug-likeness (QED) is 0.872. The van der Waals surface area contributed by atoms with Crippen molar-refractivity contribution in [3.05, 3.63) is 63.1 Å². The van der Waals surface area contributed by atoms with Crippen LogP contribution in [0.1, 0.15) is 11.1 Å². The van der Waals surface area contributed by atoms with Gasteiger partial charge in [0.2, 0.25) is 0 Å². The number of halogens is 2. The molecule has 0 amide bonds. The van der Waals surface area contributed by atoms with Crippen molar-refractivity contribution in [1.82, 2.24) is 0 Å². The third-order valence-electron chi connectivity index (χ3n) is 3.13. The fourth-order valence-corrected chi connectivity index (χ4v) is 2.85. The first-order chi connectivity index (χ1) is 9.58. The Morgan fingerprint density at radius 1 is 1.10 bits per heavy atom. The van der Waals surface area contributed by atoms with Gasteiger partial charge in [-0.2, -0.15) is 0 Å². The zero-order valence-corrected chi connectivity index (χ0v) is 13.6. The van der Waals surface area contributed by atoms with E-state index in [2.05, 4.69) is 22.0 Å². The number of methoxy groups -OCH3 is 1. The highest BCUT2D eigenvalue weighted by Crippen LogP contribution is 2.26. The minimum absolute atomic E-state index is 0.0801. The van der Waals surface area contributed by atoms with Crippen molar-refractivity contribution in [2.45, 2.75) is 18.9 Å². The number of nitrogens with two attached hydrogens (primary N) is 1. The van der Waals surface area contributed by atoms with Gasteiger partial charge in [0.25, 0.3) is 0 Å². The lowest BCUT2D eigenvalue weighted by molar-refractivity contribution is 0.412. The number of hydrogen-bond donors (Lipinski definition) is 1. The van der Waals surface area contributed by atoms with Crippen LogP contribution in [0.25, 0.3) is 0 Å². The molecule has 0 heterocycles. The van der Waals surface area contributed by atoms with Gasteiger partial charge in [-0.15, -0.1) is 0 Å². The Bertz CT molecular complexity index is 571. The van der Waals surface area contributed by atoms with Crippen molar-refractivity contribution in [3.63, 3.8) is 0 Å². The first kappa shape index (κ1) is 15.4. The van der Waals surface area contributed by atoms with Gasteiger partial charge < -0.3 is 10.5 Å². The van der Waals surface area contributed by atoms with Crippen LogP contribution in [0.15, 0.2) is 46.9 Å². The lowest BCUT2D eigenvalue weighted by atomic mass is 10.00. The lowest BCUT2D eigenvalue weighted by Crippen LogP contribution is -2.25. The van der Waals surface area contributed by atoms with Crippen LogP contribution < -0.4 is 10.5 Å². The smallest absolute Gasteiger partial charge is 0.133 e. The van der Waals surface area contributed by atoms with Gasteiger partial charge in [-0.1, -0.05) is 29.8 Å². The Balaban J connectivity index is 1.99. The second kappa shape index (κ2) is 7.11. The summed E-state index contributed by atoms with van der Waals surface area (Å²) in [6.07, 6.45) is 1.66. The van der Waals surface area contributed by atoms with Crippen LogP contribution in [-0.4, -0.2) is 13.2 Å². The molecule has 2 rings (SSSR count). The Morgan fingerprint density at radius 3 is 2.30 bits per heavy atom. The van der Waals surface area contributed by atoms with Gasteiger partial charge >= 0.3 is 0 Å². The standard InChI is InChI=1S/C16H17BrClNO/c1-20-16-7-4-12(10-15(16)17)9-14(19)8-11-2-5-13(18)6-3-11/h2-7,10,14H,8-9,19H2,1H3. The fourth-order valence-electron chi connectivity index (χ4n) is 2.14. The van der Waals surface area contributed by atoms with Crippen molar-refractivity contribution < 1.29 is 4.74 Å². The molecule has 2 N–H and O–H groups in total. The van der Waals surface area contributed by atoms with Crippen LogP contribution in [-0.2, 0) is 12.8 Å². The third kappa shape index (κ3) is 4.23. The molecule has 2 nitrogen and oxygen atoms in total. The Morgan fingerprint density at radius 2 is 1.70 bits per heavy atom. The van der Waals surface area contributed by atoms with Gasteiger partial charge in [-0.3, -0.25) is 0 Å². The summed E-state index contributed by atoms with van der Waals surface area (Å²) in [7, 11) is 1.66. The normalized spacial score (nSPS) is 12.2. The lowest BCUT2D eigenvalue weighted by Gasteiger charge is -2.13. The van der Waals surface area contributed by atoms with Crippen LogP contribution in [0.3, 0.4) is 0 Å². The van der Waals surface area contributed by atoms with E-state index >= 15 is 0 Å². The highest BCUT2D eigenvalue weighted by atomic mass is 79.9. The van der Waals surface area contributed by atoms with E-state index in [0.29, 0.717) is 0 Å². The average molecular weight is 355 g/mol. The molecule has 0 bridgehead atoms. The molecule has 0 saturated carbocycles. The minimum atomic E-state index is 0.0801. The zero-order valence-electron chi connectivity index (χ0n) is 11.3. The van der Waals surface area contributed by atoms with Crippen LogP contribution in [0.5, 0.6) is 5.75 Å². The Hall–Kier alpha value is -1.03. The summed E-state index contributed by atoms with van der Waals surface area (Å²) in [6, 6.07) is 14.0. The van der Waals surface area contributed by atoms with Gasteiger partial charge in [-0.05, 0) is 64.2 Å². The van der Waals surface area contributed by atoms with Gasteiger partial charge in [0.15, 0.2) is 0 Å². The monoisotopic (exact) mass is 353 g/mol. The molecule has 0 aliphatic rings. The first-order valence-corrected chi connectivity index (χ1v) is 7.58. The van der Waals surface area contributed by atoms with Gasteiger partial charge in [0.05, 0.1) is 11.6 Å². The summed E-state index contributed by atoms with van der Waals surface area (Å²) >= 11 is 9.37. The molecule has 2 aromatic rings. The van der Waals surface area contributed by atoms with E-state index in [4.69, 9.17) is 22.1 Å². The van der Waals surface area contributed by atoms with E-state index in [9.17, 15) is 0 Å². The molecule has 4 heteroatoms. The summed E-state index contributed by atoms with van der Waals surface area (Å²) in [6.45, 7) is 0. The molecule has 106 valence electrons. The van der Waals surface area contributed by atoms with Gasteiger partial charge in [0, 0.05) is 11.1 Å². The molecule has 0 radical (unpaired) electrons. The van der Waals surface area contributed by atoms with E-state index in [1.54, 1.807) is 7.11 Å². The van der Waals surface area contributed by atoms with Crippen molar-refractivity contribution in [2.75, 3.05) is 7.11 Å². The van der Waals surface area contributed by atoms with Crippen molar-refractivity contribution in [2.24, 2.45) is 5.73 Å². The highest BCUT2D eigenvalue weighted by molar-refractivity contribution is 9.10. The maximum absolute atomic E-state index is 6.22. The predicted molar refractivity (Wildman–Crippen MR) is 87.5 cm³/mol. The second-order valence-electron chi connectivity index (χ2n) is 4.76. The number of ether oxygens (including phenoxy) is 1. The maximum atomic E-state index is 6.22. The molecule has 0 saturated heterocycles. The second-order valence-corrected chi connectivity index (χ2v) is 6.05. The molecule has 0 fully saturated rings. The van der Waals surface area contributed by atoms with E-state index < -0.39 is 0 Å². The molecule has 1 unspecified atom stereocenters. The summed E-state index contributed by atoms with van der Waals surface area (Å²) < 4.78 is 6.18. The van der Waals surface area contributed by atoms with E-state index in [1.807, 2.05) is 36.4 Å². The average Bonchev–Trinajstić information content (AvgIpc) is 2.41. The summed E-state index contributed by atoms with van der Waals surface area (Å²) in [5.41, 5.74) is 8.61. The Labute approximate surface area is 133 Å². The maximum Gasteiger partial charge on any atom is 0.133 e. The molecular formula is C16H17BrClNO. The fraction of sp³-hybridized carbons (Fsp3) is 0.250. The minimum Gasteiger partial charge on any atom is -0.496 e. The van der Waals surface area contributed by atoms with Crippen molar-refractivity contribution in [1.29, 1.82) is 0 Å². The molecule has 20 heavy (non-hydrogen) atoms. The Kier molecular flexibility index (Phi) is 5.46.